The molecule has 1 aromatic heterocycles. The van der Waals surface area contributed by atoms with Gasteiger partial charge in [0.25, 0.3) is 5.91 Å². The number of carbonyl (C=O) groups excluding carboxylic acids is 2. The molecule has 0 radical (unpaired) electrons. The molecule has 0 aliphatic carbocycles. The van der Waals surface area contributed by atoms with Crippen molar-refractivity contribution in [3.05, 3.63) is 99.5 Å². The van der Waals surface area contributed by atoms with Gasteiger partial charge in [0.05, 0.1) is 13.7 Å². The molecule has 0 bridgehead atoms. The summed E-state index contributed by atoms with van der Waals surface area (Å²) in [7, 11) is 1.14. The summed E-state index contributed by atoms with van der Waals surface area (Å²) in [6, 6.07) is 17.4. The summed E-state index contributed by atoms with van der Waals surface area (Å²) in [5.41, 5.74) is -0.379. The number of ether oxygens (including phenoxy) is 2. The zero-order chi connectivity index (χ0) is 21.5. The van der Waals surface area contributed by atoms with E-state index in [2.05, 4.69) is 9.72 Å². The molecule has 0 spiro atoms. The number of halogens is 1. The standard InChI is InChI=1S/C22H19FN2O5/c1-29-22(28)18-20(30-14-16-10-6-3-7-11-16)19(26)17(12-24-18)21(27)25(23)13-15-8-4-2-5-9-15/h2-12H,13-14H2,1H3,(H,24,26). The summed E-state index contributed by atoms with van der Waals surface area (Å²) in [5.74, 6) is -2.42. The van der Waals surface area contributed by atoms with Gasteiger partial charge >= 0.3 is 5.97 Å². The molecule has 1 amide bonds. The zero-order valence-electron chi connectivity index (χ0n) is 16.1. The molecule has 0 aliphatic heterocycles. The highest BCUT2D eigenvalue weighted by molar-refractivity contribution is 5.96. The second-order valence-corrected chi connectivity index (χ2v) is 6.31. The Morgan fingerprint density at radius 3 is 2.20 bits per heavy atom. The summed E-state index contributed by atoms with van der Waals surface area (Å²) in [6.45, 7) is -0.368. The number of carbonyl (C=O) groups is 2. The number of rotatable bonds is 7. The number of nitrogens with zero attached hydrogens (tertiary/aromatic N) is 1. The minimum absolute atomic E-state index is 0.0328. The van der Waals surface area contributed by atoms with Crippen molar-refractivity contribution in [3.63, 3.8) is 0 Å². The lowest BCUT2D eigenvalue weighted by Gasteiger charge is -2.14. The van der Waals surface area contributed by atoms with Gasteiger partial charge in [-0.3, -0.25) is 9.59 Å². The smallest absolute Gasteiger partial charge is 0.358 e. The van der Waals surface area contributed by atoms with Crippen molar-refractivity contribution in [1.82, 2.24) is 10.1 Å². The van der Waals surface area contributed by atoms with E-state index in [9.17, 15) is 18.9 Å². The van der Waals surface area contributed by atoms with Crippen molar-refractivity contribution >= 4 is 11.9 Å². The van der Waals surface area contributed by atoms with Gasteiger partial charge in [-0.05, 0) is 11.1 Å². The lowest BCUT2D eigenvalue weighted by molar-refractivity contribution is 0.0146. The van der Waals surface area contributed by atoms with Crippen molar-refractivity contribution in [2.24, 2.45) is 0 Å². The highest BCUT2D eigenvalue weighted by Gasteiger charge is 2.26. The van der Waals surface area contributed by atoms with Gasteiger partial charge in [-0.15, -0.1) is 0 Å². The molecule has 0 aliphatic rings. The summed E-state index contributed by atoms with van der Waals surface area (Å²) < 4.78 is 24.6. The molecule has 154 valence electrons. The second-order valence-electron chi connectivity index (χ2n) is 6.31. The number of hydrogen-bond acceptors (Lipinski definition) is 5. The van der Waals surface area contributed by atoms with Crippen LogP contribution in [0.25, 0.3) is 0 Å². The van der Waals surface area contributed by atoms with Crippen LogP contribution in [0, 0.1) is 0 Å². The van der Waals surface area contributed by atoms with E-state index in [0.29, 0.717) is 5.56 Å². The van der Waals surface area contributed by atoms with Gasteiger partial charge in [0.1, 0.15) is 12.2 Å². The SMILES string of the molecule is COC(=O)c1[nH]cc(C(=O)N(F)Cc2ccccc2)c(=O)c1OCc1ccccc1. The largest absolute Gasteiger partial charge is 0.482 e. The number of amides is 1. The maximum atomic E-state index is 14.5. The van der Waals surface area contributed by atoms with Crippen LogP contribution < -0.4 is 10.2 Å². The molecular formula is C22H19FN2O5. The lowest BCUT2D eigenvalue weighted by Crippen LogP contribution is -2.29. The monoisotopic (exact) mass is 410 g/mol. The Kier molecular flexibility index (Phi) is 6.59. The van der Waals surface area contributed by atoms with Gasteiger partial charge in [-0.2, -0.15) is 5.12 Å². The molecule has 3 aromatic rings. The van der Waals surface area contributed by atoms with Crippen LogP contribution in [0.4, 0.5) is 4.48 Å². The molecule has 0 atom stereocenters. The molecule has 0 saturated carbocycles. The molecular weight excluding hydrogens is 391 g/mol. The fourth-order valence-corrected chi connectivity index (χ4v) is 2.74. The first-order valence-electron chi connectivity index (χ1n) is 9.03. The Labute approximate surface area is 171 Å². The topological polar surface area (TPSA) is 88.7 Å². The molecule has 3 rings (SSSR count). The number of nitrogens with one attached hydrogen (secondary N) is 1. The lowest BCUT2D eigenvalue weighted by atomic mass is 10.2. The molecule has 1 heterocycles. The number of methoxy groups -OCH3 is 1. The van der Waals surface area contributed by atoms with Gasteiger partial charge in [0.15, 0.2) is 11.4 Å². The van der Waals surface area contributed by atoms with Crippen LogP contribution in [0.15, 0.2) is 71.7 Å². The molecule has 8 heteroatoms. The quantitative estimate of drug-likeness (QED) is 0.477. The van der Waals surface area contributed by atoms with Crippen LogP contribution in [0.3, 0.4) is 0 Å². The van der Waals surface area contributed by atoms with Gasteiger partial charge in [0, 0.05) is 6.20 Å². The third-order valence-corrected chi connectivity index (χ3v) is 4.27. The van der Waals surface area contributed by atoms with Gasteiger partial charge in [0.2, 0.25) is 5.43 Å². The van der Waals surface area contributed by atoms with E-state index < -0.39 is 28.6 Å². The van der Waals surface area contributed by atoms with Crippen LogP contribution in [0.2, 0.25) is 0 Å². The van der Waals surface area contributed by atoms with Crippen LogP contribution in [-0.4, -0.2) is 29.1 Å². The summed E-state index contributed by atoms with van der Waals surface area (Å²) in [4.78, 5) is 39.9. The van der Waals surface area contributed by atoms with Crippen LogP contribution >= 0.6 is 0 Å². The molecule has 0 fully saturated rings. The van der Waals surface area contributed by atoms with Gasteiger partial charge in [-0.1, -0.05) is 65.1 Å². The fourth-order valence-electron chi connectivity index (χ4n) is 2.74. The number of aromatic nitrogens is 1. The number of aromatic amines is 1. The molecule has 7 nitrogen and oxygen atoms in total. The Morgan fingerprint density at radius 2 is 1.60 bits per heavy atom. The molecule has 1 N–H and O–H groups in total. The Bertz CT molecular complexity index is 1080. The first-order valence-corrected chi connectivity index (χ1v) is 9.03. The van der Waals surface area contributed by atoms with E-state index in [1.165, 1.54) is 0 Å². The van der Waals surface area contributed by atoms with Crippen molar-refractivity contribution in [2.75, 3.05) is 7.11 Å². The maximum absolute atomic E-state index is 14.5. The maximum Gasteiger partial charge on any atom is 0.358 e. The zero-order valence-corrected chi connectivity index (χ0v) is 16.1. The van der Waals surface area contributed by atoms with Crippen LogP contribution in [0.1, 0.15) is 32.0 Å². The normalized spacial score (nSPS) is 10.3. The van der Waals surface area contributed by atoms with E-state index in [0.717, 1.165) is 18.9 Å². The van der Waals surface area contributed by atoms with E-state index in [-0.39, 0.29) is 24.0 Å². The number of hydrogen-bond donors (Lipinski definition) is 1. The Hall–Kier alpha value is -3.94. The number of H-pyrrole nitrogens is 1. The number of pyridine rings is 1. The minimum atomic E-state index is -1.15. The summed E-state index contributed by atoms with van der Waals surface area (Å²) >= 11 is 0. The molecule has 2 aromatic carbocycles. The highest BCUT2D eigenvalue weighted by atomic mass is 19.2. The van der Waals surface area contributed by atoms with Crippen LogP contribution in [0.5, 0.6) is 5.75 Å². The molecule has 0 unspecified atom stereocenters. The Morgan fingerprint density at radius 1 is 1.00 bits per heavy atom. The first-order chi connectivity index (χ1) is 14.5. The summed E-state index contributed by atoms with van der Waals surface area (Å²) in [5, 5.41) is -0.0707. The van der Waals surface area contributed by atoms with E-state index in [1.807, 2.05) is 6.07 Å². The average Bonchev–Trinajstić information content (AvgIpc) is 2.78. The minimum Gasteiger partial charge on any atom is -0.482 e. The predicted molar refractivity (Wildman–Crippen MR) is 107 cm³/mol. The van der Waals surface area contributed by atoms with E-state index in [4.69, 9.17) is 4.74 Å². The van der Waals surface area contributed by atoms with E-state index >= 15 is 0 Å². The third kappa shape index (κ3) is 4.72. The van der Waals surface area contributed by atoms with Crippen molar-refractivity contribution in [1.29, 1.82) is 0 Å². The first kappa shape index (κ1) is 20.8. The average molecular weight is 410 g/mol. The summed E-state index contributed by atoms with van der Waals surface area (Å²) in [6.07, 6.45) is 0.976. The Balaban J connectivity index is 1.90. The van der Waals surface area contributed by atoms with Gasteiger partial charge < -0.3 is 14.5 Å². The number of benzene rings is 2. The van der Waals surface area contributed by atoms with Crippen molar-refractivity contribution in [3.8, 4) is 5.75 Å². The van der Waals surface area contributed by atoms with E-state index in [1.54, 1.807) is 54.6 Å². The van der Waals surface area contributed by atoms with Crippen molar-refractivity contribution in [2.45, 2.75) is 13.2 Å². The third-order valence-electron chi connectivity index (χ3n) is 4.27. The highest BCUT2D eigenvalue weighted by Crippen LogP contribution is 2.17. The molecule has 0 saturated heterocycles. The van der Waals surface area contributed by atoms with Crippen LogP contribution in [-0.2, 0) is 17.9 Å². The van der Waals surface area contributed by atoms with Crippen molar-refractivity contribution < 1.29 is 23.5 Å². The fraction of sp³-hybridized carbons (Fsp3) is 0.136. The molecule has 30 heavy (non-hydrogen) atoms. The van der Waals surface area contributed by atoms with Gasteiger partial charge in [-0.25, -0.2) is 4.79 Å². The second kappa shape index (κ2) is 9.51. The predicted octanol–water partition coefficient (Wildman–Crippen LogP) is 3.27. The number of esters is 1.